The van der Waals surface area contributed by atoms with E-state index in [-0.39, 0.29) is 11.4 Å². The summed E-state index contributed by atoms with van der Waals surface area (Å²) in [6.07, 6.45) is 3.48. The first-order chi connectivity index (χ1) is 11.2. The number of hydrogen-bond acceptors (Lipinski definition) is 3. The highest BCUT2D eigenvalue weighted by molar-refractivity contribution is 6.06. The standard InChI is InChI=1S/C19H13NO3/c21-15-5-3-9-20(12-15)11-14-10-18(22)23-17-8-7-13-4-1-2-6-16(13)19(14)17/h1-10,12H,11H2/p+1. The van der Waals surface area contributed by atoms with E-state index in [2.05, 4.69) is 0 Å². The van der Waals surface area contributed by atoms with E-state index in [1.807, 2.05) is 47.2 Å². The molecule has 0 unspecified atom stereocenters. The summed E-state index contributed by atoms with van der Waals surface area (Å²) in [5, 5.41) is 12.7. The molecule has 2 aromatic carbocycles. The third kappa shape index (κ3) is 2.44. The van der Waals surface area contributed by atoms with Crippen LogP contribution in [0.3, 0.4) is 0 Å². The Morgan fingerprint density at radius 3 is 2.78 bits per heavy atom. The fourth-order valence-electron chi connectivity index (χ4n) is 2.95. The number of benzene rings is 2. The molecule has 0 aliphatic carbocycles. The second kappa shape index (κ2) is 5.25. The molecule has 0 radical (unpaired) electrons. The third-order valence-corrected chi connectivity index (χ3v) is 3.91. The van der Waals surface area contributed by atoms with Gasteiger partial charge in [-0.1, -0.05) is 30.3 Å². The molecule has 0 bridgehead atoms. The molecule has 2 heterocycles. The average molecular weight is 304 g/mol. The number of pyridine rings is 1. The van der Waals surface area contributed by atoms with Crippen LogP contribution in [0.5, 0.6) is 5.75 Å². The van der Waals surface area contributed by atoms with Crippen LogP contribution in [0.1, 0.15) is 5.56 Å². The number of rotatable bonds is 2. The molecule has 0 saturated heterocycles. The Morgan fingerprint density at radius 1 is 1.04 bits per heavy atom. The van der Waals surface area contributed by atoms with Crippen molar-refractivity contribution in [3.8, 4) is 5.75 Å². The Bertz CT molecular complexity index is 1080. The molecule has 0 aliphatic heterocycles. The molecular weight excluding hydrogens is 290 g/mol. The molecule has 0 atom stereocenters. The lowest BCUT2D eigenvalue weighted by molar-refractivity contribution is -0.688. The first kappa shape index (κ1) is 13.5. The van der Waals surface area contributed by atoms with E-state index in [1.165, 1.54) is 6.07 Å². The molecule has 0 amide bonds. The van der Waals surface area contributed by atoms with Crippen molar-refractivity contribution in [2.75, 3.05) is 0 Å². The van der Waals surface area contributed by atoms with Gasteiger partial charge in [-0.05, 0) is 22.9 Å². The summed E-state index contributed by atoms with van der Waals surface area (Å²) >= 11 is 0. The maximum absolute atomic E-state index is 11.9. The average Bonchev–Trinajstić information content (AvgIpc) is 2.54. The summed E-state index contributed by atoms with van der Waals surface area (Å²) in [4.78, 5) is 11.9. The monoisotopic (exact) mass is 304 g/mol. The molecule has 0 aliphatic rings. The smallest absolute Gasteiger partial charge is 0.336 e. The van der Waals surface area contributed by atoms with Crippen molar-refractivity contribution >= 4 is 21.7 Å². The molecular formula is C19H14NO3+. The lowest BCUT2D eigenvalue weighted by atomic mass is 10.0. The lowest BCUT2D eigenvalue weighted by Gasteiger charge is -2.07. The molecule has 2 aromatic heterocycles. The van der Waals surface area contributed by atoms with Gasteiger partial charge >= 0.3 is 5.63 Å². The van der Waals surface area contributed by atoms with Crippen LogP contribution in [0.25, 0.3) is 21.7 Å². The zero-order valence-electron chi connectivity index (χ0n) is 12.3. The van der Waals surface area contributed by atoms with E-state index in [4.69, 9.17) is 4.42 Å². The first-order valence-electron chi connectivity index (χ1n) is 7.33. The summed E-state index contributed by atoms with van der Waals surface area (Å²) in [7, 11) is 0. The molecule has 0 spiro atoms. The third-order valence-electron chi connectivity index (χ3n) is 3.91. The van der Waals surface area contributed by atoms with E-state index in [1.54, 1.807) is 18.3 Å². The minimum atomic E-state index is -0.372. The number of aromatic hydroxyl groups is 1. The first-order valence-corrected chi connectivity index (χ1v) is 7.33. The van der Waals surface area contributed by atoms with Crippen LogP contribution in [0, 0.1) is 0 Å². The maximum Gasteiger partial charge on any atom is 0.336 e. The van der Waals surface area contributed by atoms with Crippen molar-refractivity contribution in [2.45, 2.75) is 6.54 Å². The highest BCUT2D eigenvalue weighted by Gasteiger charge is 2.13. The van der Waals surface area contributed by atoms with Crippen molar-refractivity contribution in [1.29, 1.82) is 0 Å². The van der Waals surface area contributed by atoms with Gasteiger partial charge in [-0.25, -0.2) is 4.79 Å². The summed E-state index contributed by atoms with van der Waals surface area (Å²) in [5.74, 6) is 0.185. The van der Waals surface area contributed by atoms with Crippen molar-refractivity contribution in [3.63, 3.8) is 0 Å². The van der Waals surface area contributed by atoms with E-state index in [9.17, 15) is 9.90 Å². The van der Waals surface area contributed by atoms with E-state index in [0.717, 1.165) is 21.7 Å². The van der Waals surface area contributed by atoms with Crippen LogP contribution in [0.2, 0.25) is 0 Å². The fraction of sp³-hybridized carbons (Fsp3) is 0.0526. The van der Waals surface area contributed by atoms with Gasteiger partial charge in [0.15, 0.2) is 18.5 Å². The van der Waals surface area contributed by atoms with Crippen LogP contribution in [-0.4, -0.2) is 5.11 Å². The minimum absolute atomic E-state index is 0.185. The van der Waals surface area contributed by atoms with Crippen LogP contribution < -0.4 is 10.2 Å². The zero-order chi connectivity index (χ0) is 15.8. The predicted octanol–water partition coefficient (Wildman–Crippen LogP) is 2.99. The van der Waals surface area contributed by atoms with Crippen molar-refractivity contribution < 1.29 is 14.1 Å². The van der Waals surface area contributed by atoms with E-state index < -0.39 is 0 Å². The molecule has 0 saturated carbocycles. The highest BCUT2D eigenvalue weighted by Crippen LogP contribution is 2.27. The fourth-order valence-corrected chi connectivity index (χ4v) is 2.95. The van der Waals surface area contributed by atoms with Crippen molar-refractivity contribution in [3.05, 3.63) is 83.0 Å². The summed E-state index contributed by atoms with van der Waals surface area (Å²) in [6, 6.07) is 16.7. The predicted molar refractivity (Wildman–Crippen MR) is 87.4 cm³/mol. The van der Waals surface area contributed by atoms with Gasteiger partial charge in [0.1, 0.15) is 5.58 Å². The van der Waals surface area contributed by atoms with Gasteiger partial charge in [-0.3, -0.25) is 0 Å². The maximum atomic E-state index is 11.9. The second-order valence-corrected chi connectivity index (χ2v) is 5.48. The number of fused-ring (bicyclic) bond motifs is 3. The van der Waals surface area contributed by atoms with Crippen LogP contribution in [-0.2, 0) is 6.54 Å². The van der Waals surface area contributed by atoms with Crippen LogP contribution in [0.4, 0.5) is 0 Å². The van der Waals surface area contributed by atoms with Gasteiger partial charge in [-0.2, -0.15) is 4.57 Å². The molecule has 1 N–H and O–H groups in total. The lowest BCUT2D eigenvalue weighted by Crippen LogP contribution is -2.33. The molecule has 4 rings (SSSR count). The number of nitrogens with zero attached hydrogens (tertiary/aromatic N) is 1. The van der Waals surface area contributed by atoms with Gasteiger partial charge < -0.3 is 9.52 Å². The van der Waals surface area contributed by atoms with Gasteiger partial charge in [0.25, 0.3) is 0 Å². The molecule has 4 nitrogen and oxygen atoms in total. The zero-order valence-corrected chi connectivity index (χ0v) is 12.3. The summed E-state index contributed by atoms with van der Waals surface area (Å²) in [6.45, 7) is 0.477. The Balaban J connectivity index is 2.01. The van der Waals surface area contributed by atoms with Crippen LogP contribution in [0.15, 0.2) is 76.2 Å². The van der Waals surface area contributed by atoms with Crippen LogP contribution >= 0.6 is 0 Å². The second-order valence-electron chi connectivity index (χ2n) is 5.48. The quantitative estimate of drug-likeness (QED) is 0.352. The topological polar surface area (TPSA) is 54.3 Å². The highest BCUT2D eigenvalue weighted by atomic mass is 16.4. The SMILES string of the molecule is O=c1cc(C[n+]2cccc(O)c2)c2c(ccc3ccccc32)o1. The summed E-state index contributed by atoms with van der Waals surface area (Å²) in [5.41, 5.74) is 1.07. The normalized spacial score (nSPS) is 11.1. The molecule has 4 aromatic rings. The minimum Gasteiger partial charge on any atom is -0.503 e. The molecule has 4 heteroatoms. The largest absolute Gasteiger partial charge is 0.503 e. The van der Waals surface area contributed by atoms with Gasteiger partial charge in [0.05, 0.1) is 0 Å². The van der Waals surface area contributed by atoms with Gasteiger partial charge in [0.2, 0.25) is 6.20 Å². The summed E-state index contributed by atoms with van der Waals surface area (Å²) < 4.78 is 7.20. The Kier molecular flexibility index (Phi) is 3.08. The Morgan fingerprint density at radius 2 is 1.91 bits per heavy atom. The molecule has 0 fully saturated rings. The van der Waals surface area contributed by atoms with Crippen molar-refractivity contribution in [1.82, 2.24) is 0 Å². The molecule has 23 heavy (non-hydrogen) atoms. The number of hydrogen-bond donors (Lipinski definition) is 1. The van der Waals surface area contributed by atoms with Gasteiger partial charge in [0, 0.05) is 23.1 Å². The Hall–Kier alpha value is -3.14. The Labute approximate surface area is 131 Å². The van der Waals surface area contributed by atoms with Crippen molar-refractivity contribution in [2.24, 2.45) is 0 Å². The van der Waals surface area contributed by atoms with E-state index >= 15 is 0 Å². The number of aromatic nitrogens is 1. The molecule has 112 valence electrons. The van der Waals surface area contributed by atoms with E-state index in [0.29, 0.717) is 12.1 Å². The van der Waals surface area contributed by atoms with Gasteiger partial charge in [-0.15, -0.1) is 0 Å².